The minimum Gasteiger partial charge on any atom is -0.325 e. The molecule has 0 bridgehead atoms. The third kappa shape index (κ3) is 2.59. The minimum absolute atomic E-state index is 0.0859. The molecular formula is C11H16BrNS. The summed E-state index contributed by atoms with van der Waals surface area (Å²) in [5.41, 5.74) is 6.48. The first-order valence-corrected chi connectivity index (χ1v) is 6.87. The van der Waals surface area contributed by atoms with Crippen LogP contribution in [0.3, 0.4) is 0 Å². The van der Waals surface area contributed by atoms with Gasteiger partial charge in [-0.2, -0.15) is 0 Å². The van der Waals surface area contributed by atoms with Gasteiger partial charge in [0.2, 0.25) is 0 Å². The zero-order chi connectivity index (χ0) is 10.0. The topological polar surface area (TPSA) is 26.0 Å². The van der Waals surface area contributed by atoms with Crippen LogP contribution in [0, 0.1) is 0 Å². The molecule has 0 spiro atoms. The first-order chi connectivity index (χ1) is 6.68. The van der Waals surface area contributed by atoms with Crippen molar-refractivity contribution in [3.05, 3.63) is 20.8 Å². The molecule has 0 unspecified atom stereocenters. The van der Waals surface area contributed by atoms with Gasteiger partial charge in [0.05, 0.1) is 0 Å². The average Bonchev–Trinajstić information content (AvgIpc) is 2.51. The summed E-state index contributed by atoms with van der Waals surface area (Å²) < 4.78 is 1.19. The van der Waals surface area contributed by atoms with Crippen molar-refractivity contribution in [1.29, 1.82) is 0 Å². The Morgan fingerprint density at radius 3 is 2.64 bits per heavy atom. The molecule has 1 saturated carbocycles. The van der Waals surface area contributed by atoms with Gasteiger partial charge in [0.1, 0.15) is 0 Å². The molecule has 2 N–H and O–H groups in total. The molecule has 0 saturated heterocycles. The maximum Gasteiger partial charge on any atom is 0.0285 e. The van der Waals surface area contributed by atoms with E-state index in [0.717, 1.165) is 6.42 Å². The fraction of sp³-hybridized carbons (Fsp3) is 0.636. The summed E-state index contributed by atoms with van der Waals surface area (Å²) in [5.74, 6) is 0. The summed E-state index contributed by atoms with van der Waals surface area (Å²) in [4.78, 5) is 1.42. The van der Waals surface area contributed by atoms with Crippen molar-refractivity contribution in [3.63, 3.8) is 0 Å². The van der Waals surface area contributed by atoms with Gasteiger partial charge in [0.15, 0.2) is 0 Å². The van der Waals surface area contributed by atoms with Crippen LogP contribution < -0.4 is 5.73 Å². The third-order valence-corrected chi connectivity index (χ3v) is 4.70. The average molecular weight is 274 g/mol. The zero-order valence-corrected chi connectivity index (χ0v) is 10.7. The lowest BCUT2D eigenvalue weighted by molar-refractivity contribution is 0.295. The Balaban J connectivity index is 2.01. The fourth-order valence-corrected chi connectivity index (χ4v) is 3.83. The molecule has 1 aliphatic rings. The molecular weight excluding hydrogens is 258 g/mol. The van der Waals surface area contributed by atoms with E-state index >= 15 is 0 Å². The van der Waals surface area contributed by atoms with E-state index in [1.54, 1.807) is 0 Å². The molecule has 0 radical (unpaired) electrons. The van der Waals surface area contributed by atoms with Crippen molar-refractivity contribution in [2.75, 3.05) is 0 Å². The standard InChI is InChI=1S/C11H16BrNS/c12-9-6-10(14-8-9)7-11(13)4-2-1-3-5-11/h6,8H,1-5,7,13H2. The molecule has 3 heteroatoms. The maximum absolute atomic E-state index is 6.39. The smallest absolute Gasteiger partial charge is 0.0285 e. The van der Waals surface area contributed by atoms with Crippen LogP contribution in [0.15, 0.2) is 15.9 Å². The summed E-state index contributed by atoms with van der Waals surface area (Å²) in [7, 11) is 0. The van der Waals surface area contributed by atoms with Gasteiger partial charge in [-0.15, -0.1) is 11.3 Å². The maximum atomic E-state index is 6.39. The van der Waals surface area contributed by atoms with Crippen molar-refractivity contribution < 1.29 is 0 Å². The summed E-state index contributed by atoms with van der Waals surface area (Å²) in [6.07, 6.45) is 7.44. The van der Waals surface area contributed by atoms with Crippen LogP contribution in [0.25, 0.3) is 0 Å². The molecule has 0 atom stereocenters. The SMILES string of the molecule is NC1(Cc2cc(Br)cs2)CCCCC1. The Morgan fingerprint density at radius 1 is 1.36 bits per heavy atom. The van der Waals surface area contributed by atoms with Crippen LogP contribution in [0.2, 0.25) is 0 Å². The molecule has 2 rings (SSSR count). The number of rotatable bonds is 2. The minimum atomic E-state index is 0.0859. The Bertz CT molecular complexity index is 302. The zero-order valence-electron chi connectivity index (χ0n) is 8.26. The molecule has 1 fully saturated rings. The van der Waals surface area contributed by atoms with Gasteiger partial charge in [-0.3, -0.25) is 0 Å². The van der Waals surface area contributed by atoms with E-state index in [-0.39, 0.29) is 5.54 Å². The van der Waals surface area contributed by atoms with Crippen LogP contribution >= 0.6 is 27.3 Å². The van der Waals surface area contributed by atoms with Gasteiger partial charge in [0.25, 0.3) is 0 Å². The second-order valence-electron chi connectivity index (χ2n) is 4.33. The van der Waals surface area contributed by atoms with Crippen LogP contribution in [-0.2, 0) is 6.42 Å². The van der Waals surface area contributed by atoms with Crippen molar-refractivity contribution in [2.24, 2.45) is 5.73 Å². The Labute approximate surface area is 97.8 Å². The van der Waals surface area contributed by atoms with Crippen LogP contribution in [0.5, 0.6) is 0 Å². The number of thiophene rings is 1. The summed E-state index contributed by atoms with van der Waals surface area (Å²) in [6.45, 7) is 0. The highest BCUT2D eigenvalue weighted by molar-refractivity contribution is 9.10. The molecule has 78 valence electrons. The second kappa shape index (κ2) is 4.33. The van der Waals surface area contributed by atoms with Gasteiger partial charge < -0.3 is 5.73 Å². The summed E-state index contributed by atoms with van der Waals surface area (Å²) in [5, 5.41) is 2.14. The lowest BCUT2D eigenvalue weighted by Gasteiger charge is -2.33. The predicted molar refractivity (Wildman–Crippen MR) is 65.7 cm³/mol. The van der Waals surface area contributed by atoms with Crippen molar-refractivity contribution >= 4 is 27.3 Å². The van der Waals surface area contributed by atoms with Crippen molar-refractivity contribution in [2.45, 2.75) is 44.1 Å². The van der Waals surface area contributed by atoms with Gasteiger partial charge in [-0.1, -0.05) is 19.3 Å². The van der Waals surface area contributed by atoms with Crippen molar-refractivity contribution in [1.82, 2.24) is 0 Å². The molecule has 1 aliphatic carbocycles. The largest absolute Gasteiger partial charge is 0.325 e. The van der Waals surface area contributed by atoms with E-state index in [9.17, 15) is 0 Å². The number of hydrogen-bond donors (Lipinski definition) is 1. The fourth-order valence-electron chi connectivity index (χ4n) is 2.23. The number of nitrogens with two attached hydrogens (primary N) is 1. The summed E-state index contributed by atoms with van der Waals surface area (Å²) >= 11 is 5.30. The molecule has 1 aromatic heterocycles. The van der Waals surface area contributed by atoms with Crippen LogP contribution in [0.1, 0.15) is 37.0 Å². The van der Waals surface area contributed by atoms with Gasteiger partial charge in [0, 0.05) is 20.3 Å². The molecule has 0 aromatic carbocycles. The molecule has 1 nitrogen and oxygen atoms in total. The van der Waals surface area contributed by atoms with Gasteiger partial charge in [-0.05, 0) is 41.3 Å². The quantitative estimate of drug-likeness (QED) is 0.874. The monoisotopic (exact) mass is 273 g/mol. The normalized spacial score (nSPS) is 21.0. The Kier molecular flexibility index (Phi) is 3.30. The van der Waals surface area contributed by atoms with E-state index in [1.807, 2.05) is 11.3 Å². The van der Waals surface area contributed by atoms with E-state index in [4.69, 9.17) is 5.73 Å². The molecule has 14 heavy (non-hydrogen) atoms. The highest BCUT2D eigenvalue weighted by Gasteiger charge is 2.27. The summed E-state index contributed by atoms with van der Waals surface area (Å²) in [6, 6.07) is 2.20. The van der Waals surface area contributed by atoms with Crippen LogP contribution in [0.4, 0.5) is 0 Å². The lowest BCUT2D eigenvalue weighted by Crippen LogP contribution is -2.43. The molecule has 1 heterocycles. The number of halogens is 1. The molecule has 0 aliphatic heterocycles. The highest BCUT2D eigenvalue weighted by Crippen LogP contribution is 2.31. The predicted octanol–water partition coefficient (Wildman–Crippen LogP) is 3.71. The molecule has 0 amide bonds. The number of hydrogen-bond acceptors (Lipinski definition) is 2. The van der Waals surface area contributed by atoms with Gasteiger partial charge in [-0.25, -0.2) is 0 Å². The second-order valence-corrected chi connectivity index (χ2v) is 6.24. The Hall–Kier alpha value is 0.140. The Morgan fingerprint density at radius 2 is 2.07 bits per heavy atom. The first kappa shape index (κ1) is 10.7. The highest BCUT2D eigenvalue weighted by atomic mass is 79.9. The first-order valence-electron chi connectivity index (χ1n) is 5.20. The van der Waals surface area contributed by atoms with E-state index in [0.29, 0.717) is 0 Å². The van der Waals surface area contributed by atoms with Crippen molar-refractivity contribution in [3.8, 4) is 0 Å². The molecule has 1 aromatic rings. The van der Waals surface area contributed by atoms with E-state index < -0.39 is 0 Å². The van der Waals surface area contributed by atoms with Gasteiger partial charge >= 0.3 is 0 Å². The third-order valence-electron chi connectivity index (χ3n) is 3.00. The van der Waals surface area contributed by atoms with E-state index in [1.165, 1.54) is 41.5 Å². The lowest BCUT2D eigenvalue weighted by atomic mass is 9.80. The van der Waals surface area contributed by atoms with E-state index in [2.05, 4.69) is 27.4 Å². The van der Waals surface area contributed by atoms with Crippen LogP contribution in [-0.4, -0.2) is 5.54 Å².